The first-order valence-corrected chi connectivity index (χ1v) is 10.9. The molecule has 3 aromatic carbocycles. The first-order valence-electron chi connectivity index (χ1n) is 10.9. The molecule has 0 unspecified atom stereocenters. The molecule has 0 bridgehead atoms. The lowest BCUT2D eigenvalue weighted by Gasteiger charge is -2.08. The number of aliphatic carboxylic acids is 1. The monoisotopic (exact) mass is 469 g/mol. The van der Waals surface area contributed by atoms with Crippen LogP contribution in [0.4, 0.5) is 4.39 Å². The number of halogens is 1. The van der Waals surface area contributed by atoms with Crippen molar-refractivity contribution in [2.45, 2.75) is 19.8 Å². The van der Waals surface area contributed by atoms with Crippen LogP contribution in [0.2, 0.25) is 0 Å². The summed E-state index contributed by atoms with van der Waals surface area (Å²) in [5.74, 6) is -0.768. The van der Waals surface area contributed by atoms with Gasteiger partial charge >= 0.3 is 5.97 Å². The van der Waals surface area contributed by atoms with E-state index < -0.39 is 11.8 Å². The van der Waals surface area contributed by atoms with Crippen LogP contribution in [0.25, 0.3) is 39.9 Å². The van der Waals surface area contributed by atoms with Gasteiger partial charge in [0.25, 0.3) is 5.89 Å². The largest absolute Gasteiger partial charge is 0.481 e. The lowest BCUT2D eigenvalue weighted by molar-refractivity contribution is -0.136. The maximum Gasteiger partial charge on any atom is 0.303 e. The standard InChI is InChI=1S/C26H20FN5O3/c1-16-15-17(12-14-22(33)34)11-13-19(16)25-28-26(35-30-25)23-24(18-7-3-2-4-8-18)32(31-29-23)21-10-6-5-9-20(21)27/h2-11,13,15H,12,14H2,1H3,(H,33,34). The highest BCUT2D eigenvalue weighted by molar-refractivity contribution is 5.76. The van der Waals surface area contributed by atoms with Crippen LogP contribution in [0, 0.1) is 12.7 Å². The van der Waals surface area contributed by atoms with Crippen molar-refractivity contribution in [2.24, 2.45) is 0 Å². The van der Waals surface area contributed by atoms with Gasteiger partial charge in [0.1, 0.15) is 17.2 Å². The fourth-order valence-electron chi connectivity index (χ4n) is 3.89. The molecule has 0 amide bonds. The van der Waals surface area contributed by atoms with Crippen molar-refractivity contribution in [3.8, 4) is 39.9 Å². The molecule has 9 heteroatoms. The third-order valence-electron chi connectivity index (χ3n) is 5.59. The summed E-state index contributed by atoms with van der Waals surface area (Å²) in [6.07, 6.45) is 0.499. The average Bonchev–Trinajstić information content (AvgIpc) is 3.51. The third-order valence-corrected chi connectivity index (χ3v) is 5.59. The summed E-state index contributed by atoms with van der Waals surface area (Å²) >= 11 is 0. The fraction of sp³-hybridized carbons (Fsp3) is 0.115. The van der Waals surface area contributed by atoms with Gasteiger partial charge in [-0.05, 0) is 36.6 Å². The van der Waals surface area contributed by atoms with Crippen molar-refractivity contribution < 1.29 is 18.8 Å². The topological polar surface area (TPSA) is 107 Å². The molecule has 0 aliphatic carbocycles. The van der Waals surface area contributed by atoms with E-state index in [-0.39, 0.29) is 18.0 Å². The van der Waals surface area contributed by atoms with Gasteiger partial charge in [0.15, 0.2) is 5.69 Å². The average molecular weight is 469 g/mol. The van der Waals surface area contributed by atoms with Gasteiger partial charge in [-0.15, -0.1) is 5.10 Å². The van der Waals surface area contributed by atoms with E-state index in [1.807, 2.05) is 55.5 Å². The zero-order valence-electron chi connectivity index (χ0n) is 18.7. The smallest absolute Gasteiger partial charge is 0.303 e. The molecule has 0 radical (unpaired) electrons. The molecule has 0 aliphatic rings. The maximum absolute atomic E-state index is 14.6. The molecule has 0 aliphatic heterocycles. The molecule has 174 valence electrons. The van der Waals surface area contributed by atoms with Gasteiger partial charge in [0.2, 0.25) is 5.82 Å². The fourth-order valence-corrected chi connectivity index (χ4v) is 3.89. The number of nitrogens with zero attached hydrogens (tertiary/aromatic N) is 5. The molecule has 1 N–H and O–H groups in total. The Morgan fingerprint density at radius 2 is 1.83 bits per heavy atom. The van der Waals surface area contributed by atoms with Crippen molar-refractivity contribution in [3.05, 3.63) is 89.7 Å². The molecular formula is C26H20FN5O3. The highest BCUT2D eigenvalue weighted by atomic mass is 19.1. The highest BCUT2D eigenvalue weighted by Gasteiger charge is 2.24. The van der Waals surface area contributed by atoms with E-state index in [4.69, 9.17) is 9.63 Å². The van der Waals surface area contributed by atoms with Crippen molar-refractivity contribution in [1.82, 2.24) is 25.1 Å². The van der Waals surface area contributed by atoms with Crippen molar-refractivity contribution in [2.75, 3.05) is 0 Å². The van der Waals surface area contributed by atoms with E-state index in [1.54, 1.807) is 18.2 Å². The van der Waals surface area contributed by atoms with Crippen LogP contribution in [-0.4, -0.2) is 36.2 Å². The quantitative estimate of drug-likeness (QED) is 0.353. The van der Waals surface area contributed by atoms with Crippen molar-refractivity contribution in [3.63, 3.8) is 0 Å². The summed E-state index contributed by atoms with van der Waals surface area (Å²) in [6.45, 7) is 1.90. The lowest BCUT2D eigenvalue weighted by Crippen LogP contribution is -2.02. The zero-order chi connectivity index (χ0) is 24.4. The molecule has 2 aromatic heterocycles. The first kappa shape index (κ1) is 22.1. The van der Waals surface area contributed by atoms with Crippen LogP contribution in [-0.2, 0) is 11.2 Å². The molecule has 2 heterocycles. The van der Waals surface area contributed by atoms with Gasteiger partial charge < -0.3 is 9.63 Å². The number of carboxylic acid groups (broad SMARTS) is 1. The molecule has 5 aromatic rings. The second-order valence-electron chi connectivity index (χ2n) is 7.98. The summed E-state index contributed by atoms with van der Waals surface area (Å²) in [5, 5.41) is 21.5. The Morgan fingerprint density at radius 1 is 1.06 bits per heavy atom. The summed E-state index contributed by atoms with van der Waals surface area (Å²) < 4.78 is 21.6. The van der Waals surface area contributed by atoms with Crippen LogP contribution >= 0.6 is 0 Å². The molecule has 35 heavy (non-hydrogen) atoms. The normalized spacial score (nSPS) is 11.0. The van der Waals surface area contributed by atoms with E-state index in [2.05, 4.69) is 20.5 Å². The number of para-hydroxylation sites is 1. The number of carboxylic acids is 1. The molecule has 8 nitrogen and oxygen atoms in total. The molecule has 0 saturated carbocycles. The second kappa shape index (κ2) is 9.30. The lowest BCUT2D eigenvalue weighted by atomic mass is 10.0. The maximum atomic E-state index is 14.6. The number of aromatic nitrogens is 5. The van der Waals surface area contributed by atoms with E-state index in [1.165, 1.54) is 10.7 Å². The number of carbonyl (C=O) groups is 1. The Balaban J connectivity index is 1.56. The Labute approximate surface area is 199 Å². The Kier molecular flexibility index (Phi) is 5.88. The summed E-state index contributed by atoms with van der Waals surface area (Å²) in [7, 11) is 0. The van der Waals surface area contributed by atoms with Crippen LogP contribution in [0.3, 0.4) is 0 Å². The molecule has 0 spiro atoms. The number of hydrogen-bond donors (Lipinski definition) is 1. The zero-order valence-corrected chi connectivity index (χ0v) is 18.7. The first-order chi connectivity index (χ1) is 17.0. The van der Waals surface area contributed by atoms with E-state index in [0.29, 0.717) is 23.6 Å². The van der Waals surface area contributed by atoms with E-state index in [0.717, 1.165) is 22.3 Å². The van der Waals surface area contributed by atoms with Crippen molar-refractivity contribution in [1.29, 1.82) is 0 Å². The molecule has 0 atom stereocenters. The van der Waals surface area contributed by atoms with Crippen LogP contribution in [0.5, 0.6) is 0 Å². The number of hydrogen-bond acceptors (Lipinski definition) is 6. The van der Waals surface area contributed by atoms with Crippen LogP contribution in [0.15, 0.2) is 77.3 Å². The number of aryl methyl sites for hydroxylation is 2. The van der Waals surface area contributed by atoms with E-state index >= 15 is 0 Å². The van der Waals surface area contributed by atoms with Gasteiger partial charge in [-0.1, -0.05) is 71.0 Å². The molecule has 0 fully saturated rings. The number of rotatable bonds is 7. The minimum atomic E-state index is -0.841. The molecule has 0 saturated heterocycles. The van der Waals surface area contributed by atoms with Gasteiger partial charge in [-0.3, -0.25) is 4.79 Å². The summed E-state index contributed by atoms with van der Waals surface area (Å²) in [6, 6.07) is 21.3. The van der Waals surface area contributed by atoms with Gasteiger partial charge in [0, 0.05) is 17.5 Å². The SMILES string of the molecule is Cc1cc(CCC(=O)O)ccc1-c1noc(-c2nnn(-c3ccccc3F)c2-c2ccccc2)n1. The highest BCUT2D eigenvalue weighted by Crippen LogP contribution is 2.33. The van der Waals surface area contributed by atoms with Gasteiger partial charge in [-0.2, -0.15) is 4.98 Å². The predicted molar refractivity (Wildman–Crippen MR) is 126 cm³/mol. The Hall–Kier alpha value is -4.66. The third kappa shape index (κ3) is 4.43. The van der Waals surface area contributed by atoms with Crippen LogP contribution in [0.1, 0.15) is 17.5 Å². The van der Waals surface area contributed by atoms with Gasteiger partial charge in [0.05, 0.1) is 0 Å². The molecular weight excluding hydrogens is 449 g/mol. The second-order valence-corrected chi connectivity index (χ2v) is 7.98. The van der Waals surface area contributed by atoms with Crippen molar-refractivity contribution >= 4 is 5.97 Å². The Morgan fingerprint density at radius 3 is 2.57 bits per heavy atom. The molecule has 5 rings (SSSR count). The van der Waals surface area contributed by atoms with E-state index in [9.17, 15) is 9.18 Å². The summed E-state index contributed by atoms with van der Waals surface area (Å²) in [4.78, 5) is 15.4. The minimum Gasteiger partial charge on any atom is -0.481 e. The minimum absolute atomic E-state index is 0.0606. The van der Waals surface area contributed by atoms with Gasteiger partial charge in [-0.25, -0.2) is 9.07 Å². The summed E-state index contributed by atoms with van der Waals surface area (Å²) in [5.41, 5.74) is 4.41. The predicted octanol–water partition coefficient (Wildman–Crippen LogP) is 5.12. The van der Waals surface area contributed by atoms with Crippen LogP contribution < -0.4 is 0 Å². The number of benzene rings is 3. The Bertz CT molecular complexity index is 1510.